The van der Waals surface area contributed by atoms with Crippen LogP contribution < -0.4 is 10.6 Å². The number of carbonyl (C=O) groups excluding carboxylic acids is 2. The topological polar surface area (TPSA) is 95.5 Å². The van der Waals surface area contributed by atoms with Gasteiger partial charge in [0.15, 0.2) is 0 Å². The van der Waals surface area contributed by atoms with Gasteiger partial charge in [0.05, 0.1) is 26.9 Å². The van der Waals surface area contributed by atoms with Crippen LogP contribution in [0.3, 0.4) is 0 Å². The van der Waals surface area contributed by atoms with Gasteiger partial charge in [0.25, 0.3) is 5.91 Å². The zero-order chi connectivity index (χ0) is 27.2. The lowest BCUT2D eigenvalue weighted by molar-refractivity contribution is -0.115. The Balaban J connectivity index is 1.52. The highest BCUT2D eigenvalue weighted by Crippen LogP contribution is 2.37. The number of amides is 2. The maximum atomic E-state index is 13.4. The molecule has 0 radical (unpaired) electrons. The van der Waals surface area contributed by atoms with Gasteiger partial charge in [-0.3, -0.25) is 9.59 Å². The summed E-state index contributed by atoms with van der Waals surface area (Å²) in [5.74, 6) is -1.88. The normalized spacial score (nSPS) is 11.4. The van der Waals surface area contributed by atoms with Gasteiger partial charge in [0, 0.05) is 15.6 Å². The van der Waals surface area contributed by atoms with E-state index in [1.54, 1.807) is 36.4 Å². The van der Waals surface area contributed by atoms with E-state index in [1.807, 2.05) is 30.3 Å². The van der Waals surface area contributed by atoms with Crippen molar-refractivity contribution in [3.63, 3.8) is 0 Å². The highest BCUT2D eigenvalue weighted by atomic mass is 35.5. The van der Waals surface area contributed by atoms with Gasteiger partial charge < -0.3 is 15.7 Å². The van der Waals surface area contributed by atoms with Crippen LogP contribution in [0, 0.1) is 0 Å². The van der Waals surface area contributed by atoms with E-state index in [9.17, 15) is 19.5 Å². The van der Waals surface area contributed by atoms with Crippen LogP contribution in [0.4, 0.5) is 11.4 Å². The minimum Gasteiger partial charge on any atom is -0.478 e. The second-order valence-electron chi connectivity index (χ2n) is 8.00. The van der Waals surface area contributed by atoms with E-state index in [-0.39, 0.29) is 33.1 Å². The summed E-state index contributed by atoms with van der Waals surface area (Å²) in [6, 6.07) is 24.9. The van der Waals surface area contributed by atoms with Gasteiger partial charge in [0.1, 0.15) is 5.25 Å². The summed E-state index contributed by atoms with van der Waals surface area (Å²) in [6.07, 6.45) is 0. The number of nitrogens with one attached hydrogen (secondary N) is 2. The van der Waals surface area contributed by atoms with E-state index in [1.165, 1.54) is 36.0 Å². The SMILES string of the molecule is O=C(O)c1ccc(Cl)c(NC(=O)C(Sc2ccc(NC(=O)c3ccc(Cl)cc3Cl)cc2)c2ccccc2)c1. The molecule has 3 N–H and O–H groups in total. The van der Waals surface area contributed by atoms with E-state index >= 15 is 0 Å². The third-order valence-electron chi connectivity index (χ3n) is 5.35. The zero-order valence-corrected chi connectivity index (χ0v) is 22.5. The number of rotatable bonds is 8. The van der Waals surface area contributed by atoms with Crippen LogP contribution in [0.5, 0.6) is 0 Å². The summed E-state index contributed by atoms with van der Waals surface area (Å²) >= 11 is 19.5. The van der Waals surface area contributed by atoms with Crippen molar-refractivity contribution in [3.05, 3.63) is 123 Å². The van der Waals surface area contributed by atoms with Crippen LogP contribution in [0.1, 0.15) is 31.5 Å². The lowest BCUT2D eigenvalue weighted by atomic mass is 10.1. The van der Waals surface area contributed by atoms with Crippen molar-refractivity contribution in [2.45, 2.75) is 10.1 Å². The molecular weight excluding hydrogens is 567 g/mol. The Morgan fingerprint density at radius 3 is 2.13 bits per heavy atom. The number of benzene rings is 4. The number of hydrogen-bond donors (Lipinski definition) is 3. The standard InChI is InChI=1S/C28H19Cl3N2O4S/c29-18-7-12-21(23(31)15-18)26(34)32-19-8-10-20(11-9-19)38-25(16-4-2-1-3-5-16)27(35)33-24-14-17(28(36)37)6-13-22(24)30/h1-15,25H,(H,32,34)(H,33,35)(H,36,37). The van der Waals surface area contributed by atoms with Gasteiger partial charge in [-0.2, -0.15) is 0 Å². The highest BCUT2D eigenvalue weighted by Gasteiger charge is 2.23. The molecule has 4 aromatic rings. The molecule has 0 aliphatic heterocycles. The van der Waals surface area contributed by atoms with Crippen LogP contribution in [-0.2, 0) is 4.79 Å². The van der Waals surface area contributed by atoms with Gasteiger partial charge in [0.2, 0.25) is 5.91 Å². The number of hydrogen-bond acceptors (Lipinski definition) is 4. The molecular formula is C28H19Cl3N2O4S. The summed E-state index contributed by atoms with van der Waals surface area (Å²) in [7, 11) is 0. The van der Waals surface area contributed by atoms with E-state index in [0.717, 1.165) is 10.5 Å². The molecule has 10 heteroatoms. The maximum Gasteiger partial charge on any atom is 0.335 e. The van der Waals surface area contributed by atoms with Crippen LogP contribution >= 0.6 is 46.6 Å². The number of carbonyl (C=O) groups is 3. The van der Waals surface area contributed by atoms with Crippen molar-refractivity contribution in [3.8, 4) is 0 Å². The van der Waals surface area contributed by atoms with Crippen molar-refractivity contribution in [2.75, 3.05) is 10.6 Å². The second kappa shape index (κ2) is 12.4. The second-order valence-corrected chi connectivity index (χ2v) is 10.4. The zero-order valence-electron chi connectivity index (χ0n) is 19.5. The molecule has 4 aromatic carbocycles. The van der Waals surface area contributed by atoms with Crippen molar-refractivity contribution in [2.24, 2.45) is 0 Å². The van der Waals surface area contributed by atoms with Crippen molar-refractivity contribution >= 4 is 75.7 Å². The minimum atomic E-state index is -1.13. The maximum absolute atomic E-state index is 13.4. The van der Waals surface area contributed by atoms with Crippen molar-refractivity contribution < 1.29 is 19.5 Å². The molecule has 0 aliphatic carbocycles. The van der Waals surface area contributed by atoms with Crippen LogP contribution in [0.25, 0.3) is 0 Å². The average molecular weight is 586 g/mol. The summed E-state index contributed by atoms with van der Waals surface area (Å²) < 4.78 is 0. The predicted molar refractivity (Wildman–Crippen MR) is 153 cm³/mol. The van der Waals surface area contributed by atoms with E-state index in [2.05, 4.69) is 10.6 Å². The van der Waals surface area contributed by atoms with E-state index in [0.29, 0.717) is 16.3 Å². The molecule has 2 amide bonds. The molecule has 6 nitrogen and oxygen atoms in total. The molecule has 1 unspecified atom stereocenters. The lowest BCUT2D eigenvalue weighted by Gasteiger charge is -2.18. The Morgan fingerprint density at radius 1 is 0.763 bits per heavy atom. The fourth-order valence-electron chi connectivity index (χ4n) is 3.48. The Morgan fingerprint density at radius 2 is 1.47 bits per heavy atom. The molecule has 0 bridgehead atoms. The molecule has 4 rings (SSSR count). The highest BCUT2D eigenvalue weighted by molar-refractivity contribution is 8.00. The fraction of sp³-hybridized carbons (Fsp3) is 0.0357. The molecule has 0 spiro atoms. The number of halogens is 3. The Bertz CT molecular complexity index is 1500. The van der Waals surface area contributed by atoms with Gasteiger partial charge in [-0.1, -0.05) is 65.1 Å². The molecule has 192 valence electrons. The van der Waals surface area contributed by atoms with Crippen molar-refractivity contribution in [1.29, 1.82) is 0 Å². The number of carboxylic acid groups (broad SMARTS) is 1. The lowest BCUT2D eigenvalue weighted by Crippen LogP contribution is -2.19. The number of aromatic carboxylic acids is 1. The molecule has 0 heterocycles. The number of thioether (sulfide) groups is 1. The van der Waals surface area contributed by atoms with Crippen LogP contribution in [0.15, 0.2) is 95.9 Å². The van der Waals surface area contributed by atoms with Gasteiger partial charge in [-0.15, -0.1) is 11.8 Å². The summed E-state index contributed by atoms with van der Waals surface area (Å²) in [6.45, 7) is 0. The van der Waals surface area contributed by atoms with Crippen LogP contribution in [0.2, 0.25) is 15.1 Å². The molecule has 0 saturated carbocycles. The average Bonchev–Trinajstić information content (AvgIpc) is 2.89. The first-order valence-corrected chi connectivity index (χ1v) is 13.1. The quantitative estimate of drug-likeness (QED) is 0.182. The number of carboxylic acids is 1. The first kappa shape index (κ1) is 27.5. The Labute approximate surface area is 237 Å². The summed E-state index contributed by atoms with van der Waals surface area (Å²) in [5, 5.41) is 15.1. The van der Waals surface area contributed by atoms with E-state index < -0.39 is 11.2 Å². The molecule has 0 fully saturated rings. The number of anilines is 2. The largest absolute Gasteiger partial charge is 0.478 e. The van der Waals surface area contributed by atoms with Gasteiger partial charge in [-0.25, -0.2) is 4.79 Å². The third kappa shape index (κ3) is 6.88. The first-order chi connectivity index (χ1) is 18.2. The molecule has 0 saturated heterocycles. The minimum absolute atomic E-state index is 0.00568. The first-order valence-electron chi connectivity index (χ1n) is 11.1. The Hall–Kier alpha value is -3.49. The smallest absolute Gasteiger partial charge is 0.335 e. The van der Waals surface area contributed by atoms with E-state index in [4.69, 9.17) is 34.8 Å². The van der Waals surface area contributed by atoms with Crippen molar-refractivity contribution in [1.82, 2.24) is 0 Å². The van der Waals surface area contributed by atoms with Gasteiger partial charge >= 0.3 is 5.97 Å². The fourth-order valence-corrected chi connectivity index (χ4v) is 5.16. The predicted octanol–water partition coefficient (Wildman–Crippen LogP) is 8.07. The summed E-state index contributed by atoms with van der Waals surface area (Å²) in [4.78, 5) is 38.1. The molecule has 0 aliphatic rings. The van der Waals surface area contributed by atoms with Gasteiger partial charge in [-0.05, 0) is 66.2 Å². The monoisotopic (exact) mass is 584 g/mol. The summed E-state index contributed by atoms with van der Waals surface area (Å²) in [5.41, 5.74) is 1.79. The molecule has 0 aromatic heterocycles. The molecule has 1 atom stereocenters. The third-order valence-corrected chi connectivity index (χ3v) is 7.50. The molecule has 38 heavy (non-hydrogen) atoms. The Kier molecular flexibility index (Phi) is 8.97. The van der Waals surface area contributed by atoms with Crippen LogP contribution in [-0.4, -0.2) is 22.9 Å².